The predicted molar refractivity (Wildman–Crippen MR) is 83.5 cm³/mol. The normalized spacial score (nSPS) is 21.2. The summed E-state index contributed by atoms with van der Waals surface area (Å²) in [5.41, 5.74) is 0.913. The fourth-order valence-corrected chi connectivity index (χ4v) is 5.00. The lowest BCUT2D eigenvalue weighted by atomic mass is 10.4. The molecule has 0 radical (unpaired) electrons. The van der Waals surface area contributed by atoms with E-state index in [9.17, 15) is 8.42 Å². The quantitative estimate of drug-likeness (QED) is 0.783. The van der Waals surface area contributed by atoms with Gasteiger partial charge in [0.1, 0.15) is 0 Å². The van der Waals surface area contributed by atoms with Crippen LogP contribution in [0.5, 0.6) is 0 Å². The van der Waals surface area contributed by atoms with Gasteiger partial charge in [-0.05, 0) is 19.0 Å². The number of hydrogen-bond donors (Lipinski definition) is 2. The summed E-state index contributed by atoms with van der Waals surface area (Å²) in [6.45, 7) is 6.99. The second-order valence-corrected chi connectivity index (χ2v) is 8.57. The van der Waals surface area contributed by atoms with Gasteiger partial charge in [-0.2, -0.15) is 16.1 Å². The molecule has 1 unspecified atom stereocenters. The van der Waals surface area contributed by atoms with Gasteiger partial charge in [0.2, 0.25) is 10.0 Å². The van der Waals surface area contributed by atoms with E-state index in [0.717, 1.165) is 24.4 Å². The monoisotopic (exact) mass is 317 g/mol. The molecule has 2 heterocycles. The summed E-state index contributed by atoms with van der Waals surface area (Å²) in [7, 11) is -3.34. The SMILES string of the molecule is CCCNCc1cc(S(=O)(=O)N2CCSC(C)C2)c[nH]1. The standard InChI is InChI=1S/C13H23N3O2S2/c1-3-4-14-8-12-7-13(9-15-12)20(17,18)16-5-6-19-11(2)10-16/h7,9,11,14-15H,3-6,8,10H2,1-2H3. The summed E-state index contributed by atoms with van der Waals surface area (Å²) in [4.78, 5) is 3.43. The highest BCUT2D eigenvalue weighted by atomic mass is 32.2. The van der Waals surface area contributed by atoms with Crippen molar-refractivity contribution in [2.75, 3.05) is 25.4 Å². The fourth-order valence-electron chi connectivity index (χ4n) is 2.22. The third kappa shape index (κ3) is 3.78. The first-order valence-corrected chi connectivity index (χ1v) is 9.52. The molecular weight excluding hydrogens is 294 g/mol. The zero-order chi connectivity index (χ0) is 14.6. The van der Waals surface area contributed by atoms with Crippen LogP contribution in [0.1, 0.15) is 26.0 Å². The molecule has 0 spiro atoms. The van der Waals surface area contributed by atoms with E-state index >= 15 is 0 Å². The summed E-state index contributed by atoms with van der Waals surface area (Å²) >= 11 is 1.83. The maximum absolute atomic E-state index is 12.6. The summed E-state index contributed by atoms with van der Waals surface area (Å²) in [6, 6.07) is 1.74. The topological polar surface area (TPSA) is 65.2 Å². The molecular formula is C13H23N3O2S2. The number of aromatic amines is 1. The van der Waals surface area contributed by atoms with Crippen molar-refractivity contribution in [3.05, 3.63) is 18.0 Å². The Balaban J connectivity index is 2.05. The van der Waals surface area contributed by atoms with Gasteiger partial charge >= 0.3 is 0 Å². The molecule has 0 aromatic carbocycles. The van der Waals surface area contributed by atoms with Crippen LogP contribution in [0.15, 0.2) is 17.2 Å². The fraction of sp³-hybridized carbons (Fsp3) is 0.692. The van der Waals surface area contributed by atoms with Gasteiger partial charge in [-0.1, -0.05) is 13.8 Å². The number of thioether (sulfide) groups is 1. The minimum atomic E-state index is -3.34. The third-order valence-electron chi connectivity index (χ3n) is 3.30. The summed E-state index contributed by atoms with van der Waals surface area (Å²) in [5.74, 6) is 0.871. The Hall–Kier alpha value is -0.500. The highest BCUT2D eigenvalue weighted by molar-refractivity contribution is 8.00. The van der Waals surface area contributed by atoms with Crippen LogP contribution in [0.4, 0.5) is 0 Å². The Morgan fingerprint density at radius 1 is 1.55 bits per heavy atom. The smallest absolute Gasteiger partial charge is 0.244 e. The highest BCUT2D eigenvalue weighted by Crippen LogP contribution is 2.24. The van der Waals surface area contributed by atoms with E-state index in [-0.39, 0.29) is 0 Å². The van der Waals surface area contributed by atoms with Gasteiger partial charge in [-0.15, -0.1) is 0 Å². The molecule has 0 saturated carbocycles. The summed E-state index contributed by atoms with van der Waals surface area (Å²) < 4.78 is 26.7. The Labute approximate surface area is 125 Å². The number of rotatable bonds is 6. The number of H-pyrrole nitrogens is 1. The van der Waals surface area contributed by atoms with Crippen LogP contribution in [-0.2, 0) is 16.6 Å². The van der Waals surface area contributed by atoms with Crippen molar-refractivity contribution in [2.45, 2.75) is 37.0 Å². The minimum Gasteiger partial charge on any atom is -0.363 e. The summed E-state index contributed by atoms with van der Waals surface area (Å²) in [6.07, 6.45) is 2.67. The highest BCUT2D eigenvalue weighted by Gasteiger charge is 2.29. The van der Waals surface area contributed by atoms with E-state index in [4.69, 9.17) is 0 Å². The molecule has 0 bridgehead atoms. The van der Waals surface area contributed by atoms with Crippen molar-refractivity contribution < 1.29 is 8.42 Å². The average molecular weight is 317 g/mol. The first-order valence-electron chi connectivity index (χ1n) is 7.03. The number of nitrogens with zero attached hydrogens (tertiary/aromatic N) is 1. The average Bonchev–Trinajstić information content (AvgIpc) is 2.88. The molecule has 20 heavy (non-hydrogen) atoms. The van der Waals surface area contributed by atoms with E-state index in [1.807, 2.05) is 11.8 Å². The van der Waals surface area contributed by atoms with Crippen LogP contribution < -0.4 is 5.32 Å². The molecule has 0 aliphatic carbocycles. The lowest BCUT2D eigenvalue weighted by Crippen LogP contribution is -2.40. The molecule has 2 N–H and O–H groups in total. The maximum atomic E-state index is 12.6. The molecule has 7 heteroatoms. The summed E-state index contributed by atoms with van der Waals surface area (Å²) in [5, 5.41) is 3.62. The van der Waals surface area contributed by atoms with E-state index in [1.54, 1.807) is 16.6 Å². The molecule has 1 aliphatic rings. The van der Waals surface area contributed by atoms with Crippen molar-refractivity contribution in [1.82, 2.24) is 14.6 Å². The van der Waals surface area contributed by atoms with E-state index in [1.165, 1.54) is 0 Å². The molecule has 5 nitrogen and oxygen atoms in total. The zero-order valence-corrected chi connectivity index (χ0v) is 13.7. The molecule has 1 aromatic heterocycles. The van der Waals surface area contributed by atoms with Gasteiger partial charge < -0.3 is 10.3 Å². The number of nitrogens with one attached hydrogen (secondary N) is 2. The zero-order valence-electron chi connectivity index (χ0n) is 12.1. The molecule has 1 atom stereocenters. The van der Waals surface area contributed by atoms with Crippen LogP contribution in [0, 0.1) is 0 Å². The van der Waals surface area contributed by atoms with Crippen LogP contribution in [-0.4, -0.2) is 48.3 Å². The van der Waals surface area contributed by atoms with Crippen LogP contribution >= 0.6 is 11.8 Å². The minimum absolute atomic E-state index is 0.364. The predicted octanol–water partition coefficient (Wildman–Crippen LogP) is 1.64. The largest absolute Gasteiger partial charge is 0.363 e. The van der Waals surface area contributed by atoms with Gasteiger partial charge in [0.05, 0.1) is 4.90 Å². The molecule has 1 aliphatic heterocycles. The van der Waals surface area contributed by atoms with Gasteiger partial charge in [0.15, 0.2) is 0 Å². The number of aromatic nitrogens is 1. The van der Waals surface area contributed by atoms with E-state index in [0.29, 0.717) is 29.8 Å². The van der Waals surface area contributed by atoms with Crippen molar-refractivity contribution in [1.29, 1.82) is 0 Å². The van der Waals surface area contributed by atoms with Crippen LogP contribution in [0.3, 0.4) is 0 Å². The van der Waals surface area contributed by atoms with Crippen molar-refractivity contribution in [3.8, 4) is 0 Å². The number of sulfonamides is 1. The lowest BCUT2D eigenvalue weighted by molar-refractivity contribution is 0.424. The van der Waals surface area contributed by atoms with Crippen LogP contribution in [0.25, 0.3) is 0 Å². The molecule has 0 amide bonds. The van der Waals surface area contributed by atoms with Gasteiger partial charge in [0.25, 0.3) is 0 Å². The van der Waals surface area contributed by atoms with E-state index in [2.05, 4.69) is 24.1 Å². The molecule has 2 rings (SSSR count). The number of hydrogen-bond acceptors (Lipinski definition) is 4. The lowest BCUT2D eigenvalue weighted by Gasteiger charge is -2.29. The van der Waals surface area contributed by atoms with Crippen LogP contribution in [0.2, 0.25) is 0 Å². The Morgan fingerprint density at radius 3 is 3.05 bits per heavy atom. The van der Waals surface area contributed by atoms with Crippen molar-refractivity contribution in [2.24, 2.45) is 0 Å². The third-order valence-corrected chi connectivity index (χ3v) is 6.28. The first kappa shape index (κ1) is 15.9. The van der Waals surface area contributed by atoms with Gasteiger partial charge in [-0.3, -0.25) is 0 Å². The molecule has 1 aromatic rings. The Kier molecular flexibility index (Phi) is 5.54. The van der Waals surface area contributed by atoms with Gasteiger partial charge in [0, 0.05) is 42.5 Å². The second-order valence-electron chi connectivity index (χ2n) is 5.08. The Morgan fingerprint density at radius 2 is 2.35 bits per heavy atom. The van der Waals surface area contributed by atoms with Crippen molar-refractivity contribution >= 4 is 21.8 Å². The maximum Gasteiger partial charge on any atom is 0.244 e. The van der Waals surface area contributed by atoms with Crippen molar-refractivity contribution in [3.63, 3.8) is 0 Å². The molecule has 1 saturated heterocycles. The first-order chi connectivity index (χ1) is 9.54. The Bertz CT molecular complexity index is 527. The van der Waals surface area contributed by atoms with Gasteiger partial charge in [-0.25, -0.2) is 8.42 Å². The van der Waals surface area contributed by atoms with E-state index < -0.39 is 10.0 Å². The molecule has 1 fully saturated rings. The second kappa shape index (κ2) is 6.98. The molecule has 114 valence electrons.